The molecule has 1 fully saturated rings. The van der Waals surface area contributed by atoms with Gasteiger partial charge in [0.05, 0.1) is 13.2 Å². The van der Waals surface area contributed by atoms with Gasteiger partial charge in [0, 0.05) is 37.8 Å². The Morgan fingerprint density at radius 1 is 1.33 bits per heavy atom. The van der Waals surface area contributed by atoms with Crippen LogP contribution >= 0.6 is 0 Å². The summed E-state index contributed by atoms with van der Waals surface area (Å²) in [5.41, 5.74) is 0.958. The molecule has 0 aromatic heterocycles. The standard InChI is InChI=1S/C14H22N2O2/c1-12(13-4-2-3-5-14(13)17)15-6-7-16-8-10-18-11-9-16/h2-5,12,15,17H,6-11H2,1H3. The first kappa shape index (κ1) is 13.3. The molecule has 100 valence electrons. The third kappa shape index (κ3) is 3.70. The van der Waals surface area contributed by atoms with Crippen molar-refractivity contribution in [3.8, 4) is 5.75 Å². The van der Waals surface area contributed by atoms with Crippen LogP contribution < -0.4 is 5.32 Å². The van der Waals surface area contributed by atoms with E-state index in [1.165, 1.54) is 0 Å². The first-order chi connectivity index (χ1) is 8.77. The van der Waals surface area contributed by atoms with Crippen molar-refractivity contribution in [2.24, 2.45) is 0 Å². The van der Waals surface area contributed by atoms with E-state index in [4.69, 9.17) is 4.74 Å². The van der Waals surface area contributed by atoms with Gasteiger partial charge >= 0.3 is 0 Å². The van der Waals surface area contributed by atoms with Gasteiger partial charge in [-0.05, 0) is 13.0 Å². The average molecular weight is 250 g/mol. The Labute approximate surface area is 109 Å². The molecule has 0 saturated carbocycles. The molecule has 4 heteroatoms. The molecule has 0 spiro atoms. The first-order valence-electron chi connectivity index (χ1n) is 6.59. The maximum absolute atomic E-state index is 9.76. The maximum atomic E-state index is 9.76. The smallest absolute Gasteiger partial charge is 0.120 e. The minimum absolute atomic E-state index is 0.173. The molecule has 4 nitrogen and oxygen atoms in total. The second kappa shape index (κ2) is 6.73. The summed E-state index contributed by atoms with van der Waals surface area (Å²) < 4.78 is 5.32. The van der Waals surface area contributed by atoms with Crippen molar-refractivity contribution >= 4 is 0 Å². The lowest BCUT2D eigenvalue weighted by molar-refractivity contribution is 0.0382. The number of para-hydroxylation sites is 1. The van der Waals surface area contributed by atoms with Crippen LogP contribution in [0.4, 0.5) is 0 Å². The number of phenolic OH excluding ortho intramolecular Hbond substituents is 1. The summed E-state index contributed by atoms with van der Waals surface area (Å²) in [6, 6.07) is 7.67. The molecule has 0 bridgehead atoms. The van der Waals surface area contributed by atoms with Crippen molar-refractivity contribution in [2.45, 2.75) is 13.0 Å². The number of benzene rings is 1. The highest BCUT2D eigenvalue weighted by Crippen LogP contribution is 2.22. The van der Waals surface area contributed by atoms with Crippen LogP contribution in [0.3, 0.4) is 0 Å². The molecular formula is C14H22N2O2. The molecule has 1 aliphatic rings. The molecule has 1 unspecified atom stereocenters. The zero-order valence-electron chi connectivity index (χ0n) is 10.9. The minimum Gasteiger partial charge on any atom is -0.508 e. The van der Waals surface area contributed by atoms with Gasteiger partial charge in [-0.1, -0.05) is 18.2 Å². The summed E-state index contributed by atoms with van der Waals surface area (Å²) in [6.45, 7) is 7.76. The third-order valence-corrected chi connectivity index (χ3v) is 3.39. The SMILES string of the molecule is CC(NCCN1CCOCC1)c1ccccc1O. The predicted octanol–water partition coefficient (Wildman–Crippen LogP) is 1.37. The lowest BCUT2D eigenvalue weighted by Gasteiger charge is -2.27. The fraction of sp³-hybridized carbons (Fsp3) is 0.571. The average Bonchev–Trinajstić information content (AvgIpc) is 2.40. The van der Waals surface area contributed by atoms with Crippen LogP contribution in [-0.4, -0.2) is 49.4 Å². The van der Waals surface area contributed by atoms with Crippen LogP contribution in [0.15, 0.2) is 24.3 Å². The molecule has 1 aromatic rings. The normalized spacial score (nSPS) is 18.7. The molecule has 2 rings (SSSR count). The lowest BCUT2D eigenvalue weighted by Crippen LogP contribution is -2.40. The number of ether oxygens (including phenoxy) is 1. The third-order valence-electron chi connectivity index (χ3n) is 3.39. The number of hydrogen-bond acceptors (Lipinski definition) is 4. The number of nitrogens with zero attached hydrogens (tertiary/aromatic N) is 1. The van der Waals surface area contributed by atoms with E-state index in [1.54, 1.807) is 6.07 Å². The van der Waals surface area contributed by atoms with Crippen molar-refractivity contribution < 1.29 is 9.84 Å². The molecule has 1 aromatic carbocycles. The highest BCUT2D eigenvalue weighted by molar-refractivity contribution is 5.34. The van der Waals surface area contributed by atoms with Crippen molar-refractivity contribution in [1.82, 2.24) is 10.2 Å². The van der Waals surface area contributed by atoms with Gasteiger partial charge in [-0.25, -0.2) is 0 Å². The van der Waals surface area contributed by atoms with Gasteiger partial charge in [0.2, 0.25) is 0 Å². The van der Waals surface area contributed by atoms with Crippen LogP contribution in [0.5, 0.6) is 5.75 Å². The second-order valence-corrected chi connectivity index (χ2v) is 4.69. The van der Waals surface area contributed by atoms with E-state index in [0.717, 1.165) is 45.0 Å². The van der Waals surface area contributed by atoms with Gasteiger partial charge in [-0.2, -0.15) is 0 Å². The van der Waals surface area contributed by atoms with Crippen molar-refractivity contribution in [3.05, 3.63) is 29.8 Å². The van der Waals surface area contributed by atoms with Crippen LogP contribution in [0.25, 0.3) is 0 Å². The summed E-state index contributed by atoms with van der Waals surface area (Å²) in [4.78, 5) is 2.40. The zero-order chi connectivity index (χ0) is 12.8. The Bertz CT molecular complexity index is 365. The molecule has 1 aliphatic heterocycles. The molecule has 1 atom stereocenters. The molecule has 0 radical (unpaired) electrons. The molecule has 0 aliphatic carbocycles. The zero-order valence-corrected chi connectivity index (χ0v) is 10.9. The summed E-state index contributed by atoms with van der Waals surface area (Å²) in [5, 5.41) is 13.2. The summed E-state index contributed by atoms with van der Waals surface area (Å²) in [5.74, 6) is 0.365. The van der Waals surface area contributed by atoms with Gasteiger partial charge in [-0.3, -0.25) is 4.90 Å². The molecule has 0 amide bonds. The van der Waals surface area contributed by atoms with Crippen LogP contribution in [0.1, 0.15) is 18.5 Å². The maximum Gasteiger partial charge on any atom is 0.120 e. The predicted molar refractivity (Wildman–Crippen MR) is 71.8 cm³/mol. The molecule has 1 saturated heterocycles. The van der Waals surface area contributed by atoms with Gasteiger partial charge < -0.3 is 15.2 Å². The van der Waals surface area contributed by atoms with E-state index >= 15 is 0 Å². The van der Waals surface area contributed by atoms with E-state index in [9.17, 15) is 5.11 Å². The van der Waals surface area contributed by atoms with Gasteiger partial charge in [0.15, 0.2) is 0 Å². The first-order valence-corrected chi connectivity index (χ1v) is 6.59. The van der Waals surface area contributed by atoms with E-state index in [1.807, 2.05) is 18.2 Å². The quantitative estimate of drug-likeness (QED) is 0.828. The lowest BCUT2D eigenvalue weighted by atomic mass is 10.1. The van der Waals surface area contributed by atoms with Crippen molar-refractivity contribution in [2.75, 3.05) is 39.4 Å². The van der Waals surface area contributed by atoms with E-state index in [0.29, 0.717) is 5.75 Å². The number of rotatable bonds is 5. The van der Waals surface area contributed by atoms with Crippen LogP contribution in [0, 0.1) is 0 Å². The van der Waals surface area contributed by atoms with Crippen molar-refractivity contribution in [1.29, 1.82) is 0 Å². The highest BCUT2D eigenvalue weighted by Gasteiger charge is 2.12. The minimum atomic E-state index is 0.173. The van der Waals surface area contributed by atoms with E-state index in [2.05, 4.69) is 17.1 Å². The molecular weight excluding hydrogens is 228 g/mol. The summed E-state index contributed by atoms with van der Waals surface area (Å²) >= 11 is 0. The number of nitrogens with one attached hydrogen (secondary N) is 1. The van der Waals surface area contributed by atoms with Gasteiger partial charge in [-0.15, -0.1) is 0 Å². The largest absolute Gasteiger partial charge is 0.508 e. The number of morpholine rings is 1. The summed E-state index contributed by atoms with van der Waals surface area (Å²) in [6.07, 6.45) is 0. The molecule has 18 heavy (non-hydrogen) atoms. The van der Waals surface area contributed by atoms with Crippen LogP contribution in [0.2, 0.25) is 0 Å². The topological polar surface area (TPSA) is 44.7 Å². The number of aromatic hydroxyl groups is 1. The van der Waals surface area contributed by atoms with Crippen LogP contribution in [-0.2, 0) is 4.74 Å². The summed E-state index contributed by atoms with van der Waals surface area (Å²) in [7, 11) is 0. The van der Waals surface area contributed by atoms with E-state index < -0.39 is 0 Å². The number of phenols is 1. The Balaban J connectivity index is 1.74. The van der Waals surface area contributed by atoms with Gasteiger partial charge in [0.25, 0.3) is 0 Å². The fourth-order valence-corrected chi connectivity index (χ4v) is 2.23. The Morgan fingerprint density at radius 3 is 2.78 bits per heavy atom. The Kier molecular flexibility index (Phi) is 4.99. The van der Waals surface area contributed by atoms with E-state index in [-0.39, 0.29) is 6.04 Å². The molecule has 2 N–H and O–H groups in total. The Hall–Kier alpha value is -1.10. The highest BCUT2D eigenvalue weighted by atomic mass is 16.5. The fourth-order valence-electron chi connectivity index (χ4n) is 2.23. The molecule has 1 heterocycles. The van der Waals surface area contributed by atoms with Crippen molar-refractivity contribution in [3.63, 3.8) is 0 Å². The second-order valence-electron chi connectivity index (χ2n) is 4.69. The Morgan fingerprint density at radius 2 is 2.06 bits per heavy atom. The monoisotopic (exact) mass is 250 g/mol. The number of hydrogen-bond donors (Lipinski definition) is 2. The van der Waals surface area contributed by atoms with Gasteiger partial charge in [0.1, 0.15) is 5.75 Å².